The van der Waals surface area contributed by atoms with Gasteiger partial charge in [-0.2, -0.15) is 0 Å². The summed E-state index contributed by atoms with van der Waals surface area (Å²) in [6.45, 7) is 7.90. The third-order valence-electron chi connectivity index (χ3n) is 14.0. The Balaban J connectivity index is 4.20. The zero-order chi connectivity index (χ0) is 49.2. The Morgan fingerprint density at radius 3 is 0.897 bits per heavy atom. The third-order valence-corrected chi connectivity index (χ3v) is 14.0. The summed E-state index contributed by atoms with van der Waals surface area (Å²) in [5.41, 5.74) is 0. The highest BCUT2D eigenvalue weighted by molar-refractivity contribution is 5.70. The molecule has 0 aromatic rings. The smallest absolute Gasteiger partial charge is 0.306 e. The summed E-state index contributed by atoms with van der Waals surface area (Å²) in [4.78, 5) is 25.6. The van der Waals surface area contributed by atoms with E-state index in [2.05, 4.69) is 45.1 Å². The van der Waals surface area contributed by atoms with Crippen LogP contribution in [0.2, 0.25) is 0 Å². The second kappa shape index (κ2) is 59.7. The van der Waals surface area contributed by atoms with Gasteiger partial charge in [0, 0.05) is 19.4 Å². The number of hydrogen-bond donors (Lipinski definition) is 0. The molecule has 0 fully saturated rings. The average molecular weight is 958 g/mol. The van der Waals surface area contributed by atoms with Gasteiger partial charge in [0.1, 0.15) is 6.61 Å². The molecule has 5 nitrogen and oxygen atoms in total. The molecular formula is C63H120O5. The first kappa shape index (κ1) is 66.4. The zero-order valence-electron chi connectivity index (χ0n) is 46.4. The number of carbonyl (C=O) groups is 2. The van der Waals surface area contributed by atoms with Crippen LogP contribution < -0.4 is 0 Å². The number of allylic oxidation sites excluding steroid dienone is 4. The zero-order valence-corrected chi connectivity index (χ0v) is 46.4. The van der Waals surface area contributed by atoms with E-state index < -0.39 is 6.10 Å². The Labute approximate surface area is 426 Å². The van der Waals surface area contributed by atoms with Crippen molar-refractivity contribution >= 4 is 11.9 Å². The first-order chi connectivity index (χ1) is 33.6. The summed E-state index contributed by atoms with van der Waals surface area (Å²) in [6.07, 6.45) is 72.0. The quantitative estimate of drug-likeness (QED) is 0.0345. The predicted octanol–water partition coefficient (Wildman–Crippen LogP) is 21.1. The molecule has 0 aliphatic carbocycles. The highest BCUT2D eigenvalue weighted by Crippen LogP contribution is 2.17. The van der Waals surface area contributed by atoms with E-state index in [9.17, 15) is 9.59 Å². The Morgan fingerprint density at radius 1 is 0.309 bits per heavy atom. The number of carbonyl (C=O) groups excluding carboxylic acids is 2. The maximum absolute atomic E-state index is 12.9. The van der Waals surface area contributed by atoms with Crippen molar-refractivity contribution in [2.24, 2.45) is 0 Å². The molecule has 0 amide bonds. The van der Waals surface area contributed by atoms with Crippen LogP contribution in [0.4, 0.5) is 0 Å². The molecule has 0 bridgehead atoms. The third kappa shape index (κ3) is 57.0. The van der Waals surface area contributed by atoms with E-state index in [-0.39, 0.29) is 18.5 Å². The molecular weight excluding hydrogens is 837 g/mol. The topological polar surface area (TPSA) is 61.8 Å². The fraction of sp³-hybridized carbons (Fsp3) is 0.905. The second-order valence-corrected chi connectivity index (χ2v) is 21.0. The van der Waals surface area contributed by atoms with E-state index in [4.69, 9.17) is 14.2 Å². The molecule has 0 saturated carbocycles. The molecule has 1 atom stereocenters. The van der Waals surface area contributed by atoms with Crippen molar-refractivity contribution < 1.29 is 23.8 Å². The maximum Gasteiger partial charge on any atom is 0.306 e. The van der Waals surface area contributed by atoms with Gasteiger partial charge in [-0.25, -0.2) is 0 Å². The highest BCUT2D eigenvalue weighted by Gasteiger charge is 2.18. The molecule has 0 spiro atoms. The summed E-state index contributed by atoms with van der Waals surface area (Å²) in [7, 11) is 0. The van der Waals surface area contributed by atoms with Gasteiger partial charge in [-0.1, -0.05) is 283 Å². The van der Waals surface area contributed by atoms with E-state index in [1.54, 1.807) is 0 Å². The van der Waals surface area contributed by atoms with Gasteiger partial charge >= 0.3 is 11.9 Å². The van der Waals surface area contributed by atoms with Gasteiger partial charge in [0.05, 0.1) is 6.61 Å². The molecule has 0 heterocycles. The lowest BCUT2D eigenvalue weighted by Crippen LogP contribution is -2.30. The van der Waals surface area contributed by atoms with E-state index in [0.29, 0.717) is 26.1 Å². The number of ether oxygens (including phenoxy) is 3. The van der Waals surface area contributed by atoms with Crippen LogP contribution in [-0.4, -0.2) is 37.9 Å². The van der Waals surface area contributed by atoms with Gasteiger partial charge in [-0.3, -0.25) is 9.59 Å². The Hall–Kier alpha value is -1.62. The van der Waals surface area contributed by atoms with Crippen molar-refractivity contribution in [3.05, 3.63) is 24.3 Å². The lowest BCUT2D eigenvalue weighted by Gasteiger charge is -2.18. The van der Waals surface area contributed by atoms with E-state index in [1.807, 2.05) is 0 Å². The maximum atomic E-state index is 12.9. The van der Waals surface area contributed by atoms with Crippen LogP contribution in [0.3, 0.4) is 0 Å². The Kier molecular flexibility index (Phi) is 58.3. The van der Waals surface area contributed by atoms with Crippen LogP contribution in [-0.2, 0) is 23.8 Å². The van der Waals surface area contributed by atoms with Gasteiger partial charge < -0.3 is 14.2 Å². The number of unbranched alkanes of at least 4 members (excludes halogenated alkanes) is 43. The molecule has 0 N–H and O–H groups in total. The molecule has 0 radical (unpaired) electrons. The largest absolute Gasteiger partial charge is 0.462 e. The summed E-state index contributed by atoms with van der Waals surface area (Å²) in [5, 5.41) is 0. The molecule has 0 aromatic heterocycles. The highest BCUT2D eigenvalue weighted by atomic mass is 16.6. The SMILES string of the molecule is CCCCCCCC/C=C\CCCCCCCCCCCC(=O)OCC(COCCCCCCCCCCCCCCCC)OC(=O)CCCCCCCCCCC/C=C\CCCCCCCC. The van der Waals surface area contributed by atoms with Crippen LogP contribution in [0.15, 0.2) is 24.3 Å². The van der Waals surface area contributed by atoms with Crippen molar-refractivity contribution in [2.45, 2.75) is 348 Å². The minimum Gasteiger partial charge on any atom is -0.462 e. The summed E-state index contributed by atoms with van der Waals surface area (Å²) in [5.74, 6) is -0.377. The number of hydrogen-bond acceptors (Lipinski definition) is 5. The fourth-order valence-electron chi connectivity index (χ4n) is 9.33. The number of rotatable bonds is 58. The van der Waals surface area contributed by atoms with Crippen molar-refractivity contribution in [2.75, 3.05) is 19.8 Å². The normalized spacial score (nSPS) is 12.2. The van der Waals surface area contributed by atoms with Crippen LogP contribution in [0.1, 0.15) is 342 Å². The molecule has 0 saturated heterocycles. The average Bonchev–Trinajstić information content (AvgIpc) is 3.34. The van der Waals surface area contributed by atoms with E-state index in [0.717, 1.165) is 32.1 Å². The van der Waals surface area contributed by atoms with Crippen LogP contribution in [0, 0.1) is 0 Å². The van der Waals surface area contributed by atoms with Crippen LogP contribution in [0.5, 0.6) is 0 Å². The summed E-state index contributed by atoms with van der Waals surface area (Å²) < 4.78 is 17.5. The van der Waals surface area contributed by atoms with Crippen LogP contribution >= 0.6 is 0 Å². The Morgan fingerprint density at radius 2 is 0.574 bits per heavy atom. The standard InChI is InChI=1S/C63H120O5/c1-4-7-10-13-16-19-22-25-28-30-32-34-36-38-41-44-47-50-53-56-62(64)67-60-61(59-66-58-55-52-49-46-43-40-27-24-21-18-15-12-9-6-3)68-63(65)57-54-51-48-45-42-39-37-35-33-31-29-26-23-20-17-14-11-8-5-2/h25-26,28-29,61H,4-24,27,30-60H2,1-3H3/b28-25-,29-26-. The van der Waals surface area contributed by atoms with E-state index >= 15 is 0 Å². The van der Waals surface area contributed by atoms with E-state index in [1.165, 1.54) is 276 Å². The minimum atomic E-state index is -0.532. The van der Waals surface area contributed by atoms with Crippen LogP contribution in [0.25, 0.3) is 0 Å². The minimum absolute atomic E-state index is 0.0910. The van der Waals surface area contributed by atoms with Gasteiger partial charge in [0.15, 0.2) is 6.10 Å². The van der Waals surface area contributed by atoms with Gasteiger partial charge in [-0.15, -0.1) is 0 Å². The lowest BCUT2D eigenvalue weighted by atomic mass is 10.0. The molecule has 0 aromatic carbocycles. The molecule has 0 aliphatic heterocycles. The summed E-state index contributed by atoms with van der Waals surface area (Å²) in [6, 6.07) is 0. The van der Waals surface area contributed by atoms with Crippen molar-refractivity contribution in [3.8, 4) is 0 Å². The molecule has 0 aliphatic rings. The van der Waals surface area contributed by atoms with Gasteiger partial charge in [0.2, 0.25) is 0 Å². The molecule has 68 heavy (non-hydrogen) atoms. The van der Waals surface area contributed by atoms with Crippen molar-refractivity contribution in [1.82, 2.24) is 0 Å². The number of esters is 2. The van der Waals surface area contributed by atoms with Crippen molar-refractivity contribution in [1.29, 1.82) is 0 Å². The lowest BCUT2D eigenvalue weighted by molar-refractivity contribution is -0.163. The monoisotopic (exact) mass is 957 g/mol. The van der Waals surface area contributed by atoms with Crippen molar-refractivity contribution in [3.63, 3.8) is 0 Å². The van der Waals surface area contributed by atoms with Gasteiger partial charge in [-0.05, 0) is 70.6 Å². The molecule has 1 unspecified atom stereocenters. The molecule has 0 rings (SSSR count). The first-order valence-corrected chi connectivity index (χ1v) is 30.9. The fourth-order valence-corrected chi connectivity index (χ4v) is 9.33. The second-order valence-electron chi connectivity index (χ2n) is 21.0. The van der Waals surface area contributed by atoms with Gasteiger partial charge in [0.25, 0.3) is 0 Å². The Bertz CT molecular complexity index is 1040. The first-order valence-electron chi connectivity index (χ1n) is 30.9. The molecule has 5 heteroatoms. The predicted molar refractivity (Wildman–Crippen MR) is 298 cm³/mol. The summed E-state index contributed by atoms with van der Waals surface area (Å²) >= 11 is 0. The molecule has 402 valence electrons.